The molecule has 0 saturated heterocycles. The van der Waals surface area contributed by atoms with Gasteiger partial charge >= 0.3 is 5.97 Å². The second-order valence-corrected chi connectivity index (χ2v) is 8.04. The fourth-order valence-corrected chi connectivity index (χ4v) is 3.76. The maximum atomic E-state index is 11.9. The van der Waals surface area contributed by atoms with Gasteiger partial charge in [-0.15, -0.1) is 0 Å². The van der Waals surface area contributed by atoms with E-state index in [2.05, 4.69) is 35.8 Å². The van der Waals surface area contributed by atoms with Crippen LogP contribution in [0, 0.1) is 0 Å². The Labute approximate surface area is 211 Å². The number of para-hydroxylation sites is 1. The monoisotopic (exact) mass is 497 g/mol. The van der Waals surface area contributed by atoms with E-state index in [1.54, 1.807) is 41.9 Å². The Morgan fingerprint density at radius 1 is 1.00 bits per heavy atom. The summed E-state index contributed by atoms with van der Waals surface area (Å²) in [7, 11) is 5.08. The summed E-state index contributed by atoms with van der Waals surface area (Å²) in [5, 5.41) is 24.8. The summed E-state index contributed by atoms with van der Waals surface area (Å²) < 4.78 is 8.88. The zero-order valence-electron chi connectivity index (χ0n) is 20.2. The number of hydrogen-bond acceptors (Lipinski definition) is 9. The molecule has 5 rings (SSSR count). The van der Waals surface area contributed by atoms with Crippen LogP contribution >= 0.6 is 0 Å². The number of aromatic nitrogens is 7. The minimum Gasteiger partial charge on any atom is -0.494 e. The molecule has 0 fully saturated rings. The quantitative estimate of drug-likeness (QED) is 0.289. The van der Waals surface area contributed by atoms with Gasteiger partial charge in [0.1, 0.15) is 17.7 Å². The molecule has 3 heterocycles. The number of nitrogens with zero attached hydrogens (tertiary/aromatic N) is 7. The van der Waals surface area contributed by atoms with Gasteiger partial charge in [0.05, 0.1) is 24.1 Å². The fourth-order valence-electron chi connectivity index (χ4n) is 3.76. The number of nitrogens with one attached hydrogen (secondary N) is 2. The summed E-state index contributed by atoms with van der Waals surface area (Å²) in [6, 6.07) is 17.0. The van der Waals surface area contributed by atoms with Crippen molar-refractivity contribution in [3.8, 4) is 28.4 Å². The standard InChI is InChI=1S/C25H23N9O3/c1-33-14-27-22(32-33)16-10-7-11-18(21(16)37-3)28-23-17(24(35)36)13-26-25(30-23)29-20-12-19(31-34(20)2)15-8-5-4-6-9-15/h4-14H,1-3H3,(H,35,36)(H2,26,28,29,30). The second kappa shape index (κ2) is 9.77. The third kappa shape index (κ3) is 4.80. The van der Waals surface area contributed by atoms with Crippen LogP contribution in [0.1, 0.15) is 10.4 Å². The molecule has 186 valence electrons. The molecule has 37 heavy (non-hydrogen) atoms. The Kier molecular flexibility index (Phi) is 6.20. The first-order chi connectivity index (χ1) is 17.9. The van der Waals surface area contributed by atoms with Crippen LogP contribution in [-0.2, 0) is 14.1 Å². The van der Waals surface area contributed by atoms with Crippen LogP contribution in [0.2, 0.25) is 0 Å². The van der Waals surface area contributed by atoms with Gasteiger partial charge in [0.15, 0.2) is 17.4 Å². The summed E-state index contributed by atoms with van der Waals surface area (Å²) in [5.74, 6) is 0.641. The van der Waals surface area contributed by atoms with Crippen LogP contribution in [0.4, 0.5) is 23.3 Å². The molecule has 0 spiro atoms. The van der Waals surface area contributed by atoms with E-state index in [1.807, 2.05) is 42.5 Å². The van der Waals surface area contributed by atoms with Gasteiger partial charge in [0, 0.05) is 31.9 Å². The second-order valence-electron chi connectivity index (χ2n) is 8.04. The van der Waals surface area contributed by atoms with Crippen molar-refractivity contribution in [2.75, 3.05) is 17.7 Å². The van der Waals surface area contributed by atoms with Gasteiger partial charge in [-0.25, -0.2) is 14.8 Å². The summed E-state index contributed by atoms with van der Waals surface area (Å²) in [6.07, 6.45) is 2.83. The molecule has 0 atom stereocenters. The van der Waals surface area contributed by atoms with E-state index in [0.29, 0.717) is 28.6 Å². The van der Waals surface area contributed by atoms with Gasteiger partial charge in [-0.1, -0.05) is 36.4 Å². The van der Waals surface area contributed by atoms with E-state index < -0.39 is 5.97 Å². The molecule has 2 aromatic carbocycles. The molecule has 12 heteroatoms. The topological polar surface area (TPSA) is 145 Å². The molecule has 0 saturated carbocycles. The maximum Gasteiger partial charge on any atom is 0.341 e. The minimum absolute atomic E-state index is 0.0832. The highest BCUT2D eigenvalue weighted by Crippen LogP contribution is 2.36. The SMILES string of the molecule is COc1c(Nc2nc(Nc3cc(-c4ccccc4)nn3C)ncc2C(=O)O)cccc1-c1ncn(C)n1. The van der Waals surface area contributed by atoms with Gasteiger partial charge in [-0.3, -0.25) is 9.36 Å². The third-order valence-corrected chi connectivity index (χ3v) is 5.52. The molecule has 0 radical (unpaired) electrons. The van der Waals surface area contributed by atoms with Gasteiger partial charge in [-0.05, 0) is 12.1 Å². The average molecular weight is 498 g/mol. The van der Waals surface area contributed by atoms with E-state index in [4.69, 9.17) is 4.74 Å². The lowest BCUT2D eigenvalue weighted by Crippen LogP contribution is -2.10. The Balaban J connectivity index is 1.48. The lowest BCUT2D eigenvalue weighted by molar-refractivity contribution is 0.0697. The Hall–Kier alpha value is -5.26. The zero-order chi connectivity index (χ0) is 25.9. The number of carboxylic acid groups (broad SMARTS) is 1. The van der Waals surface area contributed by atoms with Crippen molar-refractivity contribution in [2.24, 2.45) is 14.1 Å². The molecule has 5 aromatic rings. The number of carboxylic acids is 1. The van der Waals surface area contributed by atoms with E-state index in [9.17, 15) is 9.90 Å². The molecule has 0 unspecified atom stereocenters. The molecule has 0 aliphatic rings. The number of rotatable bonds is 8. The number of benzene rings is 2. The molecule has 0 amide bonds. The minimum atomic E-state index is -1.18. The zero-order valence-corrected chi connectivity index (χ0v) is 20.2. The summed E-state index contributed by atoms with van der Waals surface area (Å²) in [6.45, 7) is 0. The van der Waals surface area contributed by atoms with Crippen LogP contribution in [0.5, 0.6) is 5.75 Å². The third-order valence-electron chi connectivity index (χ3n) is 5.52. The van der Waals surface area contributed by atoms with Gasteiger partial charge in [0.2, 0.25) is 5.95 Å². The molecule has 0 aliphatic carbocycles. The predicted octanol–water partition coefficient (Wildman–Crippen LogP) is 3.87. The first-order valence-corrected chi connectivity index (χ1v) is 11.2. The Morgan fingerprint density at radius 3 is 2.51 bits per heavy atom. The smallest absolute Gasteiger partial charge is 0.341 e. The highest BCUT2D eigenvalue weighted by Gasteiger charge is 2.19. The predicted molar refractivity (Wildman–Crippen MR) is 137 cm³/mol. The highest BCUT2D eigenvalue weighted by molar-refractivity contribution is 5.94. The van der Waals surface area contributed by atoms with Crippen molar-refractivity contribution in [3.63, 3.8) is 0 Å². The normalized spacial score (nSPS) is 10.8. The van der Waals surface area contributed by atoms with Crippen LogP contribution in [0.25, 0.3) is 22.6 Å². The Bertz CT molecular complexity index is 1580. The van der Waals surface area contributed by atoms with Crippen molar-refractivity contribution < 1.29 is 14.6 Å². The molecule has 3 aromatic heterocycles. The lowest BCUT2D eigenvalue weighted by Gasteiger charge is -2.15. The van der Waals surface area contributed by atoms with Crippen LogP contribution in [0.15, 0.2) is 67.1 Å². The maximum absolute atomic E-state index is 11.9. The number of aryl methyl sites for hydroxylation is 2. The highest BCUT2D eigenvalue weighted by atomic mass is 16.5. The van der Waals surface area contributed by atoms with Gasteiger partial charge < -0.3 is 20.5 Å². The van der Waals surface area contributed by atoms with E-state index in [1.165, 1.54) is 13.3 Å². The molecule has 0 aliphatic heterocycles. The van der Waals surface area contributed by atoms with Crippen molar-refractivity contribution in [1.82, 2.24) is 34.5 Å². The number of anilines is 4. The molecule has 3 N–H and O–H groups in total. The molecular formula is C25H23N9O3. The Morgan fingerprint density at radius 2 is 1.81 bits per heavy atom. The number of ether oxygens (including phenoxy) is 1. The van der Waals surface area contributed by atoms with Crippen LogP contribution < -0.4 is 15.4 Å². The van der Waals surface area contributed by atoms with Crippen molar-refractivity contribution in [1.29, 1.82) is 0 Å². The first kappa shape index (κ1) is 23.5. The number of hydrogen-bond donors (Lipinski definition) is 3. The number of methoxy groups -OCH3 is 1. The van der Waals surface area contributed by atoms with Crippen molar-refractivity contribution in [3.05, 3.63) is 72.7 Å². The van der Waals surface area contributed by atoms with Gasteiger partial charge in [0.25, 0.3) is 0 Å². The molecular weight excluding hydrogens is 474 g/mol. The number of carbonyl (C=O) groups is 1. The number of aromatic carboxylic acids is 1. The van der Waals surface area contributed by atoms with E-state index >= 15 is 0 Å². The van der Waals surface area contributed by atoms with E-state index in [-0.39, 0.29) is 17.3 Å². The molecule has 0 bridgehead atoms. The summed E-state index contributed by atoms with van der Waals surface area (Å²) >= 11 is 0. The van der Waals surface area contributed by atoms with Crippen molar-refractivity contribution >= 4 is 29.2 Å². The first-order valence-electron chi connectivity index (χ1n) is 11.2. The van der Waals surface area contributed by atoms with Crippen LogP contribution in [-0.4, -0.2) is 52.7 Å². The van der Waals surface area contributed by atoms with E-state index in [0.717, 1.165) is 11.3 Å². The average Bonchev–Trinajstić information content (AvgIpc) is 3.49. The largest absolute Gasteiger partial charge is 0.494 e. The fraction of sp³-hybridized carbons (Fsp3) is 0.120. The summed E-state index contributed by atoms with van der Waals surface area (Å²) in [5.41, 5.74) is 2.76. The van der Waals surface area contributed by atoms with Gasteiger partial charge in [-0.2, -0.15) is 15.2 Å². The summed E-state index contributed by atoms with van der Waals surface area (Å²) in [4.78, 5) is 24.9. The van der Waals surface area contributed by atoms with Crippen molar-refractivity contribution in [2.45, 2.75) is 0 Å². The van der Waals surface area contributed by atoms with Crippen LogP contribution in [0.3, 0.4) is 0 Å². The molecule has 12 nitrogen and oxygen atoms in total. The lowest BCUT2D eigenvalue weighted by atomic mass is 10.1.